The summed E-state index contributed by atoms with van der Waals surface area (Å²) in [5.74, 6) is 1.64. The van der Waals surface area contributed by atoms with E-state index >= 15 is 0 Å². The highest BCUT2D eigenvalue weighted by Gasteiger charge is 2.29. The summed E-state index contributed by atoms with van der Waals surface area (Å²) in [6, 6.07) is 0. The highest BCUT2D eigenvalue weighted by Crippen LogP contribution is 2.37. The molecule has 0 saturated heterocycles. The molecule has 0 bridgehead atoms. The summed E-state index contributed by atoms with van der Waals surface area (Å²) >= 11 is 0. The molecule has 3 rings (SSSR count). The predicted molar refractivity (Wildman–Crippen MR) is 58.0 cm³/mol. The largest absolute Gasteiger partial charge is 0.332 e. The van der Waals surface area contributed by atoms with E-state index in [-0.39, 0.29) is 5.91 Å². The number of amides is 1. The first-order chi connectivity index (χ1) is 7.84. The summed E-state index contributed by atoms with van der Waals surface area (Å²) < 4.78 is 0. The second kappa shape index (κ2) is 3.73. The van der Waals surface area contributed by atoms with Crippen molar-refractivity contribution in [3.05, 3.63) is 23.8 Å². The first kappa shape index (κ1) is 9.57. The molecule has 1 aromatic heterocycles. The summed E-state index contributed by atoms with van der Waals surface area (Å²) in [5.41, 5.74) is 0. The molecule has 1 N–H and O–H groups in total. The minimum Gasteiger partial charge on any atom is -0.332 e. The summed E-state index contributed by atoms with van der Waals surface area (Å²) in [6.45, 7) is 1.44. The van der Waals surface area contributed by atoms with Crippen LogP contribution in [-0.4, -0.2) is 39.1 Å². The molecule has 0 radical (unpaired) electrons. The Bertz CT molecular complexity index is 433. The van der Waals surface area contributed by atoms with E-state index < -0.39 is 0 Å². The van der Waals surface area contributed by atoms with Gasteiger partial charge in [0.05, 0.1) is 0 Å². The maximum absolute atomic E-state index is 12.0. The van der Waals surface area contributed by atoms with E-state index in [0.29, 0.717) is 18.3 Å². The first-order valence-electron chi connectivity index (χ1n) is 5.71. The van der Waals surface area contributed by atoms with Gasteiger partial charge >= 0.3 is 0 Å². The second-order valence-electron chi connectivity index (χ2n) is 4.33. The molecule has 84 valence electrons. The Balaban J connectivity index is 1.74. The Morgan fingerprint density at radius 1 is 1.44 bits per heavy atom. The molecule has 2 heterocycles. The Kier molecular flexibility index (Phi) is 2.23. The van der Waals surface area contributed by atoms with Crippen molar-refractivity contribution in [1.29, 1.82) is 0 Å². The summed E-state index contributed by atoms with van der Waals surface area (Å²) in [4.78, 5) is 18.0. The molecule has 2 aliphatic rings. The van der Waals surface area contributed by atoms with E-state index in [0.717, 1.165) is 31.6 Å². The van der Waals surface area contributed by atoms with Crippen molar-refractivity contribution >= 4 is 5.91 Å². The Labute approximate surface area is 93.6 Å². The molecule has 1 fully saturated rings. The van der Waals surface area contributed by atoms with Crippen molar-refractivity contribution in [3.8, 4) is 0 Å². The Morgan fingerprint density at radius 3 is 3.00 bits per heavy atom. The quantitative estimate of drug-likeness (QED) is 0.756. The predicted octanol–water partition coefficient (Wildman–Crippen LogP) is 1.08. The van der Waals surface area contributed by atoms with E-state index in [2.05, 4.69) is 21.3 Å². The van der Waals surface area contributed by atoms with Gasteiger partial charge in [0.1, 0.15) is 5.82 Å². The molecule has 1 aromatic rings. The van der Waals surface area contributed by atoms with Crippen LogP contribution in [0.3, 0.4) is 0 Å². The Hall–Kier alpha value is -1.65. The molecular weight excluding hydrogens is 204 g/mol. The lowest BCUT2D eigenvalue weighted by Gasteiger charge is -2.21. The molecule has 5 heteroatoms. The first-order valence-corrected chi connectivity index (χ1v) is 5.71. The van der Waals surface area contributed by atoms with Crippen molar-refractivity contribution in [2.24, 2.45) is 0 Å². The molecule has 16 heavy (non-hydrogen) atoms. The zero-order chi connectivity index (χ0) is 11.0. The van der Waals surface area contributed by atoms with Gasteiger partial charge in [-0.25, -0.2) is 4.98 Å². The number of nitrogens with zero attached hydrogens (tertiary/aromatic N) is 3. The number of hydrogen-bond donors (Lipinski definition) is 1. The number of nitrogens with one attached hydrogen (secondary N) is 1. The number of rotatable bonds is 2. The van der Waals surface area contributed by atoms with E-state index in [1.807, 2.05) is 6.08 Å². The average molecular weight is 218 g/mol. The van der Waals surface area contributed by atoms with Gasteiger partial charge in [-0.2, -0.15) is 0 Å². The van der Waals surface area contributed by atoms with Crippen molar-refractivity contribution in [3.63, 3.8) is 0 Å². The number of hydrogen-bond acceptors (Lipinski definition) is 3. The van der Waals surface area contributed by atoms with E-state index in [1.54, 1.807) is 4.90 Å². The van der Waals surface area contributed by atoms with Crippen LogP contribution in [0.2, 0.25) is 0 Å². The fourth-order valence-electron chi connectivity index (χ4n) is 1.88. The van der Waals surface area contributed by atoms with Crippen molar-refractivity contribution in [2.75, 3.05) is 13.1 Å². The average Bonchev–Trinajstić information content (AvgIpc) is 3.08. The van der Waals surface area contributed by atoms with E-state index in [4.69, 9.17) is 0 Å². The third kappa shape index (κ3) is 1.73. The van der Waals surface area contributed by atoms with Crippen molar-refractivity contribution in [1.82, 2.24) is 20.1 Å². The monoisotopic (exact) mass is 218 g/mol. The molecule has 5 nitrogen and oxygen atoms in total. The highest BCUT2D eigenvalue weighted by atomic mass is 16.2. The third-order valence-electron chi connectivity index (χ3n) is 3.00. The van der Waals surface area contributed by atoms with Gasteiger partial charge in [0, 0.05) is 19.0 Å². The molecular formula is C11H14N4O. The van der Waals surface area contributed by atoms with Crippen molar-refractivity contribution < 1.29 is 4.79 Å². The maximum atomic E-state index is 12.0. The Morgan fingerprint density at radius 2 is 2.31 bits per heavy atom. The number of carbonyl (C=O) groups excluding carboxylic acids is 1. The minimum absolute atomic E-state index is 0.0625. The van der Waals surface area contributed by atoms with Gasteiger partial charge in [-0.15, -0.1) is 5.10 Å². The molecule has 0 unspecified atom stereocenters. The van der Waals surface area contributed by atoms with Crippen LogP contribution in [0.5, 0.6) is 0 Å². The maximum Gasteiger partial charge on any atom is 0.293 e. The number of carbonyl (C=O) groups is 1. The summed E-state index contributed by atoms with van der Waals surface area (Å²) in [5, 5.41) is 6.86. The van der Waals surface area contributed by atoms with Crippen LogP contribution in [0.25, 0.3) is 0 Å². The molecule has 0 aromatic carbocycles. The molecule has 1 aliphatic heterocycles. The number of H-pyrrole nitrogens is 1. The third-order valence-corrected chi connectivity index (χ3v) is 3.00. The smallest absolute Gasteiger partial charge is 0.293 e. The van der Waals surface area contributed by atoms with Gasteiger partial charge < -0.3 is 4.90 Å². The minimum atomic E-state index is -0.0625. The lowest BCUT2D eigenvalue weighted by molar-refractivity contribution is 0.0759. The molecule has 1 amide bonds. The molecule has 1 saturated carbocycles. The van der Waals surface area contributed by atoms with Crippen molar-refractivity contribution in [2.45, 2.75) is 25.2 Å². The molecule has 0 spiro atoms. The standard InChI is InChI=1S/C11H14N4O/c16-11(15-6-2-1-3-7-15)10-12-9(13-14-10)8-4-5-8/h1-2,8H,3-7H2,(H,12,13,14). The summed E-state index contributed by atoms with van der Waals surface area (Å²) in [6.07, 6.45) is 7.35. The summed E-state index contributed by atoms with van der Waals surface area (Å²) in [7, 11) is 0. The highest BCUT2D eigenvalue weighted by molar-refractivity contribution is 5.90. The fourth-order valence-corrected chi connectivity index (χ4v) is 1.88. The van der Waals surface area contributed by atoms with E-state index in [9.17, 15) is 4.79 Å². The van der Waals surface area contributed by atoms with Crippen LogP contribution >= 0.6 is 0 Å². The van der Waals surface area contributed by atoms with Crippen LogP contribution in [0.15, 0.2) is 12.2 Å². The lowest BCUT2D eigenvalue weighted by Crippen LogP contribution is -2.34. The lowest BCUT2D eigenvalue weighted by atomic mass is 10.2. The van der Waals surface area contributed by atoms with Crippen LogP contribution in [0, 0.1) is 0 Å². The van der Waals surface area contributed by atoms with Crippen LogP contribution in [0.4, 0.5) is 0 Å². The molecule has 1 aliphatic carbocycles. The van der Waals surface area contributed by atoms with Gasteiger partial charge in [0.15, 0.2) is 0 Å². The zero-order valence-electron chi connectivity index (χ0n) is 9.02. The topological polar surface area (TPSA) is 61.9 Å². The van der Waals surface area contributed by atoms with Crippen LogP contribution in [0.1, 0.15) is 41.6 Å². The van der Waals surface area contributed by atoms with Gasteiger partial charge in [-0.1, -0.05) is 12.2 Å². The van der Waals surface area contributed by atoms with Gasteiger partial charge in [-0.3, -0.25) is 9.89 Å². The molecule has 0 atom stereocenters. The van der Waals surface area contributed by atoms with Gasteiger partial charge in [-0.05, 0) is 19.3 Å². The van der Waals surface area contributed by atoms with E-state index in [1.165, 1.54) is 0 Å². The van der Waals surface area contributed by atoms with Crippen LogP contribution < -0.4 is 0 Å². The normalized spacial score (nSPS) is 20.1. The van der Waals surface area contributed by atoms with Gasteiger partial charge in [0.2, 0.25) is 5.82 Å². The van der Waals surface area contributed by atoms with Gasteiger partial charge in [0.25, 0.3) is 5.91 Å². The number of aromatic nitrogens is 3. The SMILES string of the molecule is O=C(c1n[nH]c(C2CC2)n1)N1CC=CCC1. The second-order valence-corrected chi connectivity index (χ2v) is 4.33. The fraction of sp³-hybridized carbons (Fsp3) is 0.545. The number of aromatic amines is 1. The zero-order valence-corrected chi connectivity index (χ0v) is 9.02. The van der Waals surface area contributed by atoms with Crippen LogP contribution in [-0.2, 0) is 0 Å².